The summed E-state index contributed by atoms with van der Waals surface area (Å²) in [4.78, 5) is 0. The molecule has 20 heavy (non-hydrogen) atoms. The van der Waals surface area contributed by atoms with Crippen molar-refractivity contribution in [3.8, 4) is 5.69 Å². The summed E-state index contributed by atoms with van der Waals surface area (Å²) in [5, 5.41) is 18.2. The lowest BCUT2D eigenvalue weighted by Crippen LogP contribution is -2.15. The second kappa shape index (κ2) is 4.70. The van der Waals surface area contributed by atoms with Gasteiger partial charge in [0, 0.05) is 11.6 Å². The molecule has 2 fully saturated rings. The third kappa shape index (κ3) is 1.79. The monoisotopic (exact) mass is 269 g/mol. The van der Waals surface area contributed by atoms with Crippen molar-refractivity contribution in [2.75, 3.05) is 0 Å². The topological polar surface area (TPSA) is 50.9 Å². The molecule has 4 nitrogen and oxygen atoms in total. The Hall–Kier alpha value is -1.68. The largest absolute Gasteiger partial charge is 0.388 e. The van der Waals surface area contributed by atoms with E-state index in [9.17, 15) is 5.11 Å². The molecule has 0 amide bonds. The second-order valence-corrected chi connectivity index (χ2v) is 6.08. The first-order chi connectivity index (χ1) is 9.86. The van der Waals surface area contributed by atoms with E-state index in [0.29, 0.717) is 11.7 Å². The van der Waals surface area contributed by atoms with Crippen molar-refractivity contribution in [2.24, 2.45) is 11.8 Å². The molecule has 2 saturated carbocycles. The number of fused-ring (bicyclic) bond motifs is 2. The first kappa shape index (κ1) is 12.1. The number of aliphatic hydroxyl groups excluding tert-OH is 1. The Kier molecular flexibility index (Phi) is 2.84. The van der Waals surface area contributed by atoms with Gasteiger partial charge in [-0.3, -0.25) is 4.57 Å². The maximum absolute atomic E-state index is 9.54. The molecule has 0 radical (unpaired) electrons. The van der Waals surface area contributed by atoms with Crippen LogP contribution in [-0.2, 0) is 6.61 Å². The summed E-state index contributed by atoms with van der Waals surface area (Å²) in [7, 11) is 0. The molecule has 104 valence electrons. The molecular weight excluding hydrogens is 250 g/mol. The lowest BCUT2D eigenvalue weighted by molar-refractivity contribution is 0.268. The highest BCUT2D eigenvalue weighted by atomic mass is 16.3. The lowest BCUT2D eigenvalue weighted by atomic mass is 9.88. The first-order valence-electron chi connectivity index (χ1n) is 7.47. The molecule has 1 heterocycles. The Balaban J connectivity index is 1.79. The van der Waals surface area contributed by atoms with E-state index in [4.69, 9.17) is 0 Å². The maximum Gasteiger partial charge on any atom is 0.163 e. The van der Waals surface area contributed by atoms with Crippen molar-refractivity contribution in [2.45, 2.75) is 38.2 Å². The Labute approximate surface area is 118 Å². The zero-order valence-electron chi connectivity index (χ0n) is 11.4. The molecule has 0 spiro atoms. The van der Waals surface area contributed by atoms with Gasteiger partial charge < -0.3 is 5.11 Å². The van der Waals surface area contributed by atoms with Crippen molar-refractivity contribution in [1.82, 2.24) is 14.8 Å². The van der Waals surface area contributed by atoms with Crippen LogP contribution in [0.15, 0.2) is 30.3 Å². The van der Waals surface area contributed by atoms with E-state index in [2.05, 4.69) is 26.9 Å². The van der Waals surface area contributed by atoms with Gasteiger partial charge in [-0.25, -0.2) is 0 Å². The van der Waals surface area contributed by atoms with Gasteiger partial charge in [0.2, 0.25) is 0 Å². The number of para-hydroxylation sites is 1. The number of aliphatic hydroxyl groups is 1. The Morgan fingerprint density at radius 3 is 2.60 bits per heavy atom. The van der Waals surface area contributed by atoms with Crippen molar-refractivity contribution in [3.63, 3.8) is 0 Å². The summed E-state index contributed by atoms with van der Waals surface area (Å²) < 4.78 is 2.06. The summed E-state index contributed by atoms with van der Waals surface area (Å²) in [5.74, 6) is 3.85. The average molecular weight is 269 g/mol. The van der Waals surface area contributed by atoms with Gasteiger partial charge in [0.1, 0.15) is 12.4 Å². The quantitative estimate of drug-likeness (QED) is 0.932. The van der Waals surface area contributed by atoms with Crippen LogP contribution in [0.3, 0.4) is 0 Å². The van der Waals surface area contributed by atoms with Gasteiger partial charge in [-0.15, -0.1) is 10.2 Å². The first-order valence-corrected chi connectivity index (χ1v) is 7.47. The Bertz CT molecular complexity index is 607. The number of hydrogen-bond acceptors (Lipinski definition) is 3. The lowest BCUT2D eigenvalue weighted by Gasteiger charge is -2.22. The summed E-state index contributed by atoms with van der Waals surface area (Å²) in [6.45, 7) is -0.0668. The minimum absolute atomic E-state index is 0.0668. The predicted octanol–water partition coefficient (Wildman–Crippen LogP) is 2.66. The molecule has 2 aliphatic carbocycles. The summed E-state index contributed by atoms with van der Waals surface area (Å²) in [6, 6.07) is 10.1. The predicted molar refractivity (Wildman–Crippen MR) is 75.5 cm³/mol. The molecule has 0 aliphatic heterocycles. The van der Waals surface area contributed by atoms with Crippen molar-refractivity contribution in [1.29, 1.82) is 0 Å². The molecule has 3 atom stereocenters. The van der Waals surface area contributed by atoms with E-state index in [0.717, 1.165) is 23.3 Å². The SMILES string of the molecule is OCc1nnc(C2CC3CCC2C3)n1-c1ccccc1. The van der Waals surface area contributed by atoms with Crippen molar-refractivity contribution < 1.29 is 5.11 Å². The molecule has 3 unspecified atom stereocenters. The van der Waals surface area contributed by atoms with Crippen LogP contribution in [0, 0.1) is 11.8 Å². The van der Waals surface area contributed by atoms with Crippen LogP contribution in [-0.4, -0.2) is 19.9 Å². The zero-order chi connectivity index (χ0) is 13.5. The zero-order valence-corrected chi connectivity index (χ0v) is 11.4. The summed E-state index contributed by atoms with van der Waals surface area (Å²) >= 11 is 0. The third-order valence-electron chi connectivity index (χ3n) is 4.98. The van der Waals surface area contributed by atoms with Gasteiger partial charge in [0.15, 0.2) is 5.82 Å². The van der Waals surface area contributed by atoms with E-state index < -0.39 is 0 Å². The molecule has 1 aromatic carbocycles. The molecule has 0 saturated heterocycles. The molecule has 2 aromatic rings. The van der Waals surface area contributed by atoms with Crippen LogP contribution in [0.4, 0.5) is 0 Å². The fraction of sp³-hybridized carbons (Fsp3) is 0.500. The molecule has 2 bridgehead atoms. The fourth-order valence-electron chi connectivity index (χ4n) is 4.09. The molecule has 2 aliphatic rings. The highest BCUT2D eigenvalue weighted by molar-refractivity contribution is 5.35. The van der Waals surface area contributed by atoms with E-state index in [-0.39, 0.29) is 6.61 Å². The van der Waals surface area contributed by atoms with Crippen molar-refractivity contribution in [3.05, 3.63) is 42.0 Å². The third-order valence-corrected chi connectivity index (χ3v) is 4.98. The maximum atomic E-state index is 9.54. The van der Waals surface area contributed by atoms with Gasteiger partial charge in [-0.05, 0) is 43.2 Å². The van der Waals surface area contributed by atoms with E-state index in [1.54, 1.807) is 0 Å². The van der Waals surface area contributed by atoms with Crippen LogP contribution < -0.4 is 0 Å². The van der Waals surface area contributed by atoms with Gasteiger partial charge in [0.25, 0.3) is 0 Å². The minimum atomic E-state index is -0.0668. The summed E-state index contributed by atoms with van der Waals surface area (Å²) in [5.41, 5.74) is 1.05. The molecule has 1 N–H and O–H groups in total. The van der Waals surface area contributed by atoms with Crippen molar-refractivity contribution >= 4 is 0 Å². The average Bonchev–Trinajstić information content (AvgIpc) is 3.22. The van der Waals surface area contributed by atoms with Crippen LogP contribution >= 0.6 is 0 Å². The van der Waals surface area contributed by atoms with Crippen LogP contribution in [0.2, 0.25) is 0 Å². The normalized spacial score (nSPS) is 28.1. The van der Waals surface area contributed by atoms with Gasteiger partial charge >= 0.3 is 0 Å². The molecular formula is C16H19N3O. The van der Waals surface area contributed by atoms with Crippen LogP contribution in [0.25, 0.3) is 5.69 Å². The van der Waals surface area contributed by atoms with E-state index >= 15 is 0 Å². The number of rotatable bonds is 3. The molecule has 4 heteroatoms. The Morgan fingerprint density at radius 2 is 1.95 bits per heavy atom. The molecule has 1 aromatic heterocycles. The van der Waals surface area contributed by atoms with Gasteiger partial charge in [-0.2, -0.15) is 0 Å². The van der Waals surface area contributed by atoms with E-state index in [1.165, 1.54) is 25.7 Å². The number of aromatic nitrogens is 3. The van der Waals surface area contributed by atoms with E-state index in [1.807, 2.05) is 18.2 Å². The Morgan fingerprint density at radius 1 is 1.10 bits per heavy atom. The molecule has 4 rings (SSSR count). The highest BCUT2D eigenvalue weighted by Gasteiger charge is 2.42. The fourth-order valence-corrected chi connectivity index (χ4v) is 4.09. The number of hydrogen-bond donors (Lipinski definition) is 1. The highest BCUT2D eigenvalue weighted by Crippen LogP contribution is 2.52. The van der Waals surface area contributed by atoms with Crippen LogP contribution in [0.5, 0.6) is 0 Å². The summed E-state index contributed by atoms with van der Waals surface area (Å²) in [6.07, 6.45) is 5.29. The standard InChI is InChI=1S/C16H19N3O/c20-10-15-17-18-16(14-9-11-6-7-12(14)8-11)19(15)13-4-2-1-3-5-13/h1-5,11-12,14,20H,6-10H2. The van der Waals surface area contributed by atoms with Gasteiger partial charge in [-0.1, -0.05) is 24.6 Å². The second-order valence-electron chi connectivity index (χ2n) is 6.08. The van der Waals surface area contributed by atoms with Gasteiger partial charge in [0.05, 0.1) is 0 Å². The minimum Gasteiger partial charge on any atom is -0.388 e. The van der Waals surface area contributed by atoms with Crippen LogP contribution in [0.1, 0.15) is 43.3 Å². The number of nitrogens with zero attached hydrogens (tertiary/aromatic N) is 3. The number of benzene rings is 1. The smallest absolute Gasteiger partial charge is 0.163 e.